The molecule has 2 N–H and O–H groups in total. The number of carbonyl (C=O) groups is 2. The normalized spacial score (nSPS) is 19.0. The minimum atomic E-state index is -0.925. The van der Waals surface area contributed by atoms with Gasteiger partial charge in [0.05, 0.1) is 17.5 Å². The second kappa shape index (κ2) is 7.54. The molecule has 2 aromatic heterocycles. The van der Waals surface area contributed by atoms with E-state index < -0.39 is 17.8 Å². The van der Waals surface area contributed by atoms with Crippen LogP contribution < -0.4 is 5.32 Å². The standard InChI is InChI=1S/C23H23N3O3/c1-14-5-10-18(23(28)29)19(12-14)22(27)24-17-8-6-16(7-9-17)20-13-26-11-3-4-15(2)21(26)25-20/h3-9,11,13,18-19H,10,12H2,1-2H3,(H,24,27)(H,28,29). The molecule has 1 aliphatic carbocycles. The Morgan fingerprint density at radius 2 is 1.90 bits per heavy atom. The number of aliphatic carboxylic acids is 1. The number of pyridine rings is 1. The van der Waals surface area contributed by atoms with Gasteiger partial charge in [0.2, 0.25) is 5.91 Å². The van der Waals surface area contributed by atoms with Crippen LogP contribution in [0.2, 0.25) is 0 Å². The molecule has 29 heavy (non-hydrogen) atoms. The van der Waals surface area contributed by atoms with Crippen LogP contribution in [0.15, 0.2) is 60.4 Å². The molecule has 4 rings (SSSR count). The van der Waals surface area contributed by atoms with Gasteiger partial charge in [0, 0.05) is 23.6 Å². The highest BCUT2D eigenvalue weighted by atomic mass is 16.4. The van der Waals surface area contributed by atoms with Gasteiger partial charge in [0.15, 0.2) is 0 Å². The molecule has 1 aromatic carbocycles. The minimum Gasteiger partial charge on any atom is -0.481 e. The van der Waals surface area contributed by atoms with E-state index in [0.29, 0.717) is 18.5 Å². The first-order valence-electron chi connectivity index (χ1n) is 9.66. The highest BCUT2D eigenvalue weighted by molar-refractivity contribution is 5.95. The Bertz CT molecular complexity index is 1110. The van der Waals surface area contributed by atoms with Crippen molar-refractivity contribution in [2.24, 2.45) is 11.8 Å². The Morgan fingerprint density at radius 1 is 1.14 bits per heavy atom. The number of aryl methyl sites for hydroxylation is 1. The Balaban J connectivity index is 1.51. The summed E-state index contributed by atoms with van der Waals surface area (Å²) in [6.45, 7) is 3.96. The zero-order valence-electron chi connectivity index (χ0n) is 16.4. The van der Waals surface area contributed by atoms with Crippen LogP contribution in [-0.2, 0) is 9.59 Å². The summed E-state index contributed by atoms with van der Waals surface area (Å²) >= 11 is 0. The number of hydrogen-bond acceptors (Lipinski definition) is 3. The largest absolute Gasteiger partial charge is 0.481 e. The molecule has 1 aliphatic rings. The predicted molar refractivity (Wildman–Crippen MR) is 112 cm³/mol. The Morgan fingerprint density at radius 3 is 2.59 bits per heavy atom. The monoisotopic (exact) mass is 389 g/mol. The molecular formula is C23H23N3O3. The topological polar surface area (TPSA) is 83.7 Å². The van der Waals surface area contributed by atoms with E-state index in [2.05, 4.69) is 10.3 Å². The van der Waals surface area contributed by atoms with E-state index in [-0.39, 0.29) is 5.91 Å². The lowest BCUT2D eigenvalue weighted by Gasteiger charge is -2.26. The van der Waals surface area contributed by atoms with Gasteiger partial charge in [-0.05, 0) is 50.5 Å². The fourth-order valence-corrected chi connectivity index (χ4v) is 3.87. The maximum absolute atomic E-state index is 12.7. The quantitative estimate of drug-likeness (QED) is 0.652. The van der Waals surface area contributed by atoms with Gasteiger partial charge in [-0.25, -0.2) is 4.98 Å². The van der Waals surface area contributed by atoms with Crippen molar-refractivity contribution >= 4 is 23.2 Å². The van der Waals surface area contributed by atoms with Crippen LogP contribution in [0.3, 0.4) is 0 Å². The summed E-state index contributed by atoms with van der Waals surface area (Å²) in [7, 11) is 0. The third-order valence-corrected chi connectivity index (χ3v) is 5.53. The molecular weight excluding hydrogens is 366 g/mol. The molecule has 0 radical (unpaired) electrons. The van der Waals surface area contributed by atoms with Crippen LogP contribution >= 0.6 is 0 Å². The number of anilines is 1. The van der Waals surface area contributed by atoms with Crippen LogP contribution in [0.1, 0.15) is 25.3 Å². The third-order valence-electron chi connectivity index (χ3n) is 5.53. The number of rotatable bonds is 4. The summed E-state index contributed by atoms with van der Waals surface area (Å²) in [4.78, 5) is 28.9. The molecule has 2 heterocycles. The van der Waals surface area contributed by atoms with Gasteiger partial charge in [-0.2, -0.15) is 0 Å². The second-order valence-corrected chi connectivity index (χ2v) is 7.66. The van der Waals surface area contributed by atoms with E-state index in [4.69, 9.17) is 0 Å². The van der Waals surface area contributed by atoms with E-state index in [9.17, 15) is 14.7 Å². The number of benzene rings is 1. The highest BCUT2D eigenvalue weighted by Gasteiger charge is 2.35. The van der Waals surface area contributed by atoms with Crippen molar-refractivity contribution in [3.8, 4) is 11.3 Å². The van der Waals surface area contributed by atoms with Crippen molar-refractivity contribution in [3.05, 3.63) is 66.0 Å². The molecule has 0 saturated heterocycles. The van der Waals surface area contributed by atoms with Crippen LogP contribution in [0.25, 0.3) is 16.9 Å². The molecule has 148 valence electrons. The van der Waals surface area contributed by atoms with Gasteiger partial charge < -0.3 is 14.8 Å². The van der Waals surface area contributed by atoms with E-state index in [1.807, 2.05) is 73.1 Å². The van der Waals surface area contributed by atoms with E-state index in [0.717, 1.165) is 28.0 Å². The molecule has 2 atom stereocenters. The fourth-order valence-electron chi connectivity index (χ4n) is 3.87. The molecule has 0 spiro atoms. The number of imidazole rings is 1. The average molecular weight is 389 g/mol. The van der Waals surface area contributed by atoms with Crippen LogP contribution in [0.5, 0.6) is 0 Å². The van der Waals surface area contributed by atoms with Crippen molar-refractivity contribution < 1.29 is 14.7 Å². The number of nitrogens with one attached hydrogen (secondary N) is 1. The third kappa shape index (κ3) is 3.78. The fraction of sp³-hybridized carbons (Fsp3) is 0.261. The lowest BCUT2D eigenvalue weighted by molar-refractivity contribution is -0.146. The van der Waals surface area contributed by atoms with E-state index in [1.54, 1.807) is 0 Å². The smallest absolute Gasteiger partial charge is 0.307 e. The summed E-state index contributed by atoms with van der Waals surface area (Å²) in [6, 6.07) is 11.5. The number of aromatic nitrogens is 2. The molecule has 6 heteroatoms. The Hall–Kier alpha value is -3.41. The highest BCUT2D eigenvalue weighted by Crippen LogP contribution is 2.31. The van der Waals surface area contributed by atoms with Crippen LogP contribution in [0.4, 0.5) is 5.69 Å². The van der Waals surface area contributed by atoms with Crippen LogP contribution in [0, 0.1) is 18.8 Å². The number of nitrogens with zero attached hydrogens (tertiary/aromatic N) is 2. The van der Waals surface area contributed by atoms with Crippen molar-refractivity contribution in [3.63, 3.8) is 0 Å². The molecule has 6 nitrogen and oxygen atoms in total. The lowest BCUT2D eigenvalue weighted by atomic mass is 9.79. The molecule has 3 aromatic rings. The van der Waals surface area contributed by atoms with Gasteiger partial charge in [0.1, 0.15) is 5.65 Å². The number of amides is 1. The second-order valence-electron chi connectivity index (χ2n) is 7.66. The summed E-state index contributed by atoms with van der Waals surface area (Å²) in [5, 5.41) is 12.3. The van der Waals surface area contributed by atoms with E-state index in [1.165, 1.54) is 0 Å². The van der Waals surface area contributed by atoms with Crippen molar-refractivity contribution in [2.45, 2.75) is 26.7 Å². The molecule has 1 amide bonds. The lowest BCUT2D eigenvalue weighted by Crippen LogP contribution is -2.35. The number of carbonyl (C=O) groups excluding carboxylic acids is 1. The average Bonchev–Trinajstić information content (AvgIpc) is 3.14. The van der Waals surface area contributed by atoms with Crippen molar-refractivity contribution in [1.82, 2.24) is 9.38 Å². The zero-order valence-corrected chi connectivity index (χ0v) is 16.4. The van der Waals surface area contributed by atoms with Gasteiger partial charge in [-0.15, -0.1) is 0 Å². The first-order valence-corrected chi connectivity index (χ1v) is 9.66. The minimum absolute atomic E-state index is 0.249. The molecule has 0 bridgehead atoms. The summed E-state index contributed by atoms with van der Waals surface area (Å²) in [6.07, 6.45) is 6.72. The Kier molecular flexibility index (Phi) is 4.92. The number of carboxylic acid groups (broad SMARTS) is 1. The van der Waals surface area contributed by atoms with Crippen LogP contribution in [-0.4, -0.2) is 26.4 Å². The summed E-state index contributed by atoms with van der Waals surface area (Å²) in [5.41, 5.74) is 5.53. The first kappa shape index (κ1) is 18.9. The van der Waals surface area contributed by atoms with Gasteiger partial charge in [-0.3, -0.25) is 9.59 Å². The summed E-state index contributed by atoms with van der Waals surface area (Å²) in [5.74, 6) is -2.41. The molecule has 0 saturated carbocycles. The molecule has 2 unspecified atom stereocenters. The zero-order chi connectivity index (χ0) is 20.5. The van der Waals surface area contributed by atoms with Gasteiger partial charge in [-0.1, -0.05) is 29.8 Å². The van der Waals surface area contributed by atoms with Crippen molar-refractivity contribution in [2.75, 3.05) is 5.32 Å². The van der Waals surface area contributed by atoms with Gasteiger partial charge in [0.25, 0.3) is 0 Å². The summed E-state index contributed by atoms with van der Waals surface area (Å²) < 4.78 is 1.99. The van der Waals surface area contributed by atoms with Crippen molar-refractivity contribution in [1.29, 1.82) is 0 Å². The molecule has 0 fully saturated rings. The van der Waals surface area contributed by atoms with Gasteiger partial charge >= 0.3 is 5.97 Å². The number of allylic oxidation sites excluding steroid dienone is 2. The molecule has 0 aliphatic heterocycles. The maximum Gasteiger partial charge on any atom is 0.307 e. The first-order chi connectivity index (χ1) is 13.9. The number of carboxylic acids is 1. The van der Waals surface area contributed by atoms with E-state index >= 15 is 0 Å². The SMILES string of the molecule is CC1=CCC(C(=O)O)C(C(=O)Nc2ccc(-c3cn4cccc(C)c4n3)cc2)C1. The number of hydrogen-bond donors (Lipinski definition) is 2. The Labute approximate surface area is 168 Å². The maximum atomic E-state index is 12.7. The number of fused-ring (bicyclic) bond motifs is 1. The predicted octanol–water partition coefficient (Wildman–Crippen LogP) is 4.31.